The summed E-state index contributed by atoms with van der Waals surface area (Å²) in [7, 11) is 0. The second-order valence-electron chi connectivity index (χ2n) is 3.91. The van der Waals surface area contributed by atoms with Gasteiger partial charge in [0.25, 0.3) is 0 Å². The Bertz CT molecular complexity index is 610. The molecule has 2 aromatic carbocycles. The predicted octanol–water partition coefficient (Wildman–Crippen LogP) is 2.57. The summed E-state index contributed by atoms with van der Waals surface area (Å²) in [5, 5.41) is 18.2. The Morgan fingerprint density at radius 1 is 1.16 bits per heavy atom. The molecule has 2 rings (SSSR count). The lowest BCUT2D eigenvalue weighted by molar-refractivity contribution is 0.144. The van der Waals surface area contributed by atoms with Crippen LogP contribution in [0.4, 0.5) is 4.79 Å². The summed E-state index contributed by atoms with van der Waals surface area (Å²) in [4.78, 5) is 10.7. The number of hydrogen-bond donors (Lipinski definition) is 3. The molecule has 0 aliphatic rings. The second-order valence-corrected chi connectivity index (χ2v) is 3.91. The lowest BCUT2D eigenvalue weighted by Gasteiger charge is -2.12. The Morgan fingerprint density at radius 3 is 2.58 bits per heavy atom. The number of ether oxygens (including phenoxy) is 1. The van der Waals surface area contributed by atoms with Gasteiger partial charge >= 0.3 is 6.16 Å². The van der Waals surface area contributed by atoms with Crippen LogP contribution < -0.4 is 10.5 Å². The second kappa shape index (κ2) is 5.41. The number of rotatable bonds is 3. The fourth-order valence-corrected chi connectivity index (χ4v) is 1.87. The number of carboxylic acid groups (broad SMARTS) is 1. The first-order chi connectivity index (χ1) is 9.11. The maximum atomic E-state index is 10.7. The molecule has 0 fully saturated rings. The molecule has 19 heavy (non-hydrogen) atoms. The normalized spacial score (nSPS) is 10.2. The van der Waals surface area contributed by atoms with Gasteiger partial charge in [0.05, 0.1) is 0 Å². The third kappa shape index (κ3) is 2.83. The summed E-state index contributed by atoms with van der Waals surface area (Å²) in [5.74, 6) is 0.0126. The van der Waals surface area contributed by atoms with E-state index < -0.39 is 6.16 Å². The highest BCUT2D eigenvalue weighted by atomic mass is 16.7. The number of phenolic OH excluding ortho intramolecular Hbond substituents is 1. The molecule has 0 radical (unpaired) electrons. The highest BCUT2D eigenvalue weighted by Crippen LogP contribution is 2.35. The van der Waals surface area contributed by atoms with Gasteiger partial charge in [-0.05, 0) is 23.3 Å². The van der Waals surface area contributed by atoms with Crippen LogP contribution in [0.25, 0.3) is 11.1 Å². The highest BCUT2D eigenvalue weighted by molar-refractivity contribution is 5.77. The first-order valence-corrected chi connectivity index (χ1v) is 5.64. The standard InChI is InChI=1S/C14H13NO4/c15-8-9-3-1-2-4-11(9)12-6-5-10(16)7-13(12)19-14(17)18/h1-7,16H,8,15H2,(H,17,18). The van der Waals surface area contributed by atoms with E-state index in [9.17, 15) is 9.90 Å². The highest BCUT2D eigenvalue weighted by Gasteiger charge is 2.13. The fraction of sp³-hybridized carbons (Fsp3) is 0.0714. The summed E-state index contributed by atoms with van der Waals surface area (Å²) < 4.78 is 4.70. The number of carbonyl (C=O) groups is 1. The van der Waals surface area contributed by atoms with Crippen LogP contribution in [0, 0.1) is 0 Å². The quantitative estimate of drug-likeness (QED) is 0.582. The smallest absolute Gasteiger partial charge is 0.508 e. The number of benzene rings is 2. The van der Waals surface area contributed by atoms with E-state index in [0.29, 0.717) is 12.1 Å². The van der Waals surface area contributed by atoms with Crippen LogP contribution >= 0.6 is 0 Å². The molecule has 0 saturated heterocycles. The zero-order valence-corrected chi connectivity index (χ0v) is 10.0. The van der Waals surface area contributed by atoms with Crippen LogP contribution in [-0.4, -0.2) is 16.4 Å². The molecule has 0 aliphatic heterocycles. The van der Waals surface area contributed by atoms with Gasteiger partial charge in [-0.1, -0.05) is 24.3 Å². The third-order valence-electron chi connectivity index (χ3n) is 2.69. The van der Waals surface area contributed by atoms with Crippen molar-refractivity contribution in [3.05, 3.63) is 48.0 Å². The molecule has 0 unspecified atom stereocenters. The summed E-state index contributed by atoms with van der Waals surface area (Å²) in [6.45, 7) is 0.323. The maximum Gasteiger partial charge on any atom is 0.511 e. The minimum Gasteiger partial charge on any atom is -0.508 e. The van der Waals surface area contributed by atoms with Crippen molar-refractivity contribution < 1.29 is 19.7 Å². The van der Waals surface area contributed by atoms with E-state index in [2.05, 4.69) is 0 Å². The van der Waals surface area contributed by atoms with Crippen molar-refractivity contribution in [3.63, 3.8) is 0 Å². The van der Waals surface area contributed by atoms with Gasteiger partial charge in [0.2, 0.25) is 0 Å². The van der Waals surface area contributed by atoms with Crippen molar-refractivity contribution >= 4 is 6.16 Å². The number of aromatic hydroxyl groups is 1. The molecule has 5 heteroatoms. The van der Waals surface area contributed by atoms with E-state index in [4.69, 9.17) is 15.6 Å². The van der Waals surface area contributed by atoms with E-state index in [1.54, 1.807) is 6.07 Å². The molecule has 0 aliphatic carbocycles. The van der Waals surface area contributed by atoms with Gasteiger partial charge < -0.3 is 20.7 Å². The molecular weight excluding hydrogens is 246 g/mol. The van der Waals surface area contributed by atoms with E-state index in [-0.39, 0.29) is 11.5 Å². The average Bonchev–Trinajstić information content (AvgIpc) is 2.38. The molecule has 5 nitrogen and oxygen atoms in total. The summed E-state index contributed by atoms with van der Waals surface area (Å²) >= 11 is 0. The van der Waals surface area contributed by atoms with Crippen LogP contribution in [-0.2, 0) is 6.54 Å². The Kier molecular flexibility index (Phi) is 3.68. The summed E-state index contributed by atoms with van der Waals surface area (Å²) in [6, 6.07) is 11.7. The van der Waals surface area contributed by atoms with Crippen LogP contribution in [0.1, 0.15) is 5.56 Å². The maximum absolute atomic E-state index is 10.7. The number of hydrogen-bond acceptors (Lipinski definition) is 4. The Morgan fingerprint density at radius 2 is 1.89 bits per heavy atom. The van der Waals surface area contributed by atoms with Crippen molar-refractivity contribution in [2.75, 3.05) is 0 Å². The number of nitrogens with two attached hydrogens (primary N) is 1. The van der Waals surface area contributed by atoms with E-state index in [0.717, 1.165) is 11.1 Å². The van der Waals surface area contributed by atoms with Crippen LogP contribution in [0.2, 0.25) is 0 Å². The van der Waals surface area contributed by atoms with Crippen molar-refractivity contribution in [2.24, 2.45) is 5.73 Å². The molecule has 2 aromatic rings. The molecule has 98 valence electrons. The third-order valence-corrected chi connectivity index (χ3v) is 2.69. The lowest BCUT2D eigenvalue weighted by Crippen LogP contribution is -2.05. The molecule has 0 bridgehead atoms. The van der Waals surface area contributed by atoms with Gasteiger partial charge in [0.1, 0.15) is 11.5 Å². The first kappa shape index (κ1) is 12.9. The number of phenols is 1. The monoisotopic (exact) mass is 259 g/mol. The van der Waals surface area contributed by atoms with Crippen LogP contribution in [0.15, 0.2) is 42.5 Å². The molecule has 0 heterocycles. The van der Waals surface area contributed by atoms with Crippen molar-refractivity contribution in [1.82, 2.24) is 0 Å². The topological polar surface area (TPSA) is 92.8 Å². The van der Waals surface area contributed by atoms with E-state index >= 15 is 0 Å². The molecule has 0 spiro atoms. The van der Waals surface area contributed by atoms with Crippen LogP contribution in [0.3, 0.4) is 0 Å². The molecule has 4 N–H and O–H groups in total. The molecule has 0 atom stereocenters. The average molecular weight is 259 g/mol. The summed E-state index contributed by atoms with van der Waals surface area (Å²) in [6.07, 6.45) is -1.43. The Balaban J connectivity index is 2.57. The van der Waals surface area contributed by atoms with Gasteiger partial charge in [-0.2, -0.15) is 0 Å². The SMILES string of the molecule is NCc1ccccc1-c1ccc(O)cc1OC(=O)O. The van der Waals surface area contributed by atoms with Gasteiger partial charge in [-0.3, -0.25) is 0 Å². The van der Waals surface area contributed by atoms with Crippen LogP contribution in [0.5, 0.6) is 11.5 Å². The van der Waals surface area contributed by atoms with E-state index in [1.165, 1.54) is 12.1 Å². The molecule has 0 saturated carbocycles. The predicted molar refractivity (Wildman–Crippen MR) is 70.1 cm³/mol. The Hall–Kier alpha value is -2.53. The van der Waals surface area contributed by atoms with E-state index in [1.807, 2.05) is 24.3 Å². The first-order valence-electron chi connectivity index (χ1n) is 5.64. The Labute approximate surface area is 109 Å². The van der Waals surface area contributed by atoms with Gasteiger partial charge in [-0.15, -0.1) is 0 Å². The lowest BCUT2D eigenvalue weighted by atomic mass is 9.99. The largest absolute Gasteiger partial charge is 0.511 e. The zero-order chi connectivity index (χ0) is 13.8. The minimum absolute atomic E-state index is 0.0646. The molecular formula is C14H13NO4. The summed E-state index contributed by atoms with van der Waals surface area (Å²) in [5.41, 5.74) is 7.88. The van der Waals surface area contributed by atoms with Gasteiger partial charge in [0, 0.05) is 18.2 Å². The van der Waals surface area contributed by atoms with Crippen molar-refractivity contribution in [3.8, 4) is 22.6 Å². The van der Waals surface area contributed by atoms with Crippen molar-refractivity contribution in [1.29, 1.82) is 0 Å². The minimum atomic E-state index is -1.43. The van der Waals surface area contributed by atoms with Gasteiger partial charge in [0.15, 0.2) is 0 Å². The molecule has 0 amide bonds. The van der Waals surface area contributed by atoms with Crippen molar-refractivity contribution in [2.45, 2.75) is 6.54 Å². The molecule has 0 aromatic heterocycles. The van der Waals surface area contributed by atoms with Gasteiger partial charge in [-0.25, -0.2) is 4.79 Å². The fourth-order valence-electron chi connectivity index (χ4n) is 1.87. The zero-order valence-electron chi connectivity index (χ0n) is 10.0.